The van der Waals surface area contributed by atoms with Gasteiger partial charge < -0.3 is 9.72 Å². The van der Waals surface area contributed by atoms with Crippen LogP contribution < -0.4 is 10.3 Å². The van der Waals surface area contributed by atoms with Crippen molar-refractivity contribution in [2.24, 2.45) is 0 Å². The lowest BCUT2D eigenvalue weighted by atomic mass is 10.0. The number of hydrogen-bond acceptors (Lipinski definition) is 3. The molecule has 0 aliphatic carbocycles. The molecule has 28 heavy (non-hydrogen) atoms. The first-order valence-electron chi connectivity index (χ1n) is 8.99. The van der Waals surface area contributed by atoms with E-state index in [1.165, 1.54) is 5.39 Å². The fourth-order valence-electron chi connectivity index (χ4n) is 3.36. The number of H-pyrrole nitrogens is 1. The molecule has 0 fully saturated rings. The minimum Gasteiger partial charge on any atom is -0.489 e. The number of aromatic amines is 1. The van der Waals surface area contributed by atoms with Crippen molar-refractivity contribution in [1.82, 2.24) is 4.98 Å². The number of nitrogens with one attached hydrogen (secondary N) is 1. The Hall–Kier alpha value is -3.84. The topological polar surface area (TPSA) is 65.9 Å². The normalized spacial score (nSPS) is 10.6. The summed E-state index contributed by atoms with van der Waals surface area (Å²) in [6.45, 7) is 2.23. The van der Waals surface area contributed by atoms with Gasteiger partial charge in [0.15, 0.2) is 0 Å². The van der Waals surface area contributed by atoms with E-state index in [1.807, 2.05) is 54.6 Å². The highest BCUT2D eigenvalue weighted by Crippen LogP contribution is 2.27. The van der Waals surface area contributed by atoms with Crippen LogP contribution in [0, 0.1) is 18.3 Å². The molecule has 0 saturated heterocycles. The molecule has 1 heterocycles. The number of nitrogens with zero attached hydrogens (tertiary/aromatic N) is 1. The highest BCUT2D eigenvalue weighted by atomic mass is 16.5. The minimum atomic E-state index is -0.375. The Morgan fingerprint density at radius 1 is 1.00 bits per heavy atom. The molecular formula is C24H18N2O2. The quantitative estimate of drug-likeness (QED) is 0.555. The number of aromatic nitrogens is 1. The van der Waals surface area contributed by atoms with Gasteiger partial charge in [0.2, 0.25) is 0 Å². The van der Waals surface area contributed by atoms with Crippen molar-refractivity contribution in [3.8, 4) is 22.9 Å². The van der Waals surface area contributed by atoms with E-state index in [-0.39, 0.29) is 11.1 Å². The van der Waals surface area contributed by atoms with Crippen molar-refractivity contribution >= 4 is 10.8 Å². The second-order valence-electron chi connectivity index (χ2n) is 6.64. The first kappa shape index (κ1) is 17.6. The maximum Gasteiger partial charge on any atom is 0.266 e. The zero-order valence-corrected chi connectivity index (χ0v) is 15.4. The van der Waals surface area contributed by atoms with Crippen molar-refractivity contribution < 1.29 is 4.74 Å². The molecule has 4 nitrogen and oxygen atoms in total. The van der Waals surface area contributed by atoms with E-state index in [4.69, 9.17) is 4.74 Å². The van der Waals surface area contributed by atoms with Gasteiger partial charge in [-0.05, 0) is 47.0 Å². The molecule has 0 spiro atoms. The monoisotopic (exact) mass is 366 g/mol. The molecule has 0 saturated carbocycles. The summed E-state index contributed by atoms with van der Waals surface area (Å²) in [4.78, 5) is 14.7. The summed E-state index contributed by atoms with van der Waals surface area (Å²) < 4.78 is 6.03. The highest BCUT2D eigenvalue weighted by Gasteiger charge is 2.11. The van der Waals surface area contributed by atoms with Crippen LogP contribution in [-0.4, -0.2) is 4.98 Å². The van der Waals surface area contributed by atoms with Crippen molar-refractivity contribution in [2.75, 3.05) is 0 Å². The van der Waals surface area contributed by atoms with Crippen LogP contribution in [0.2, 0.25) is 0 Å². The van der Waals surface area contributed by atoms with Gasteiger partial charge in [0, 0.05) is 11.3 Å². The first-order chi connectivity index (χ1) is 13.7. The second kappa shape index (κ2) is 7.42. The Labute approximate surface area is 162 Å². The summed E-state index contributed by atoms with van der Waals surface area (Å²) >= 11 is 0. The lowest BCUT2D eigenvalue weighted by Gasteiger charge is -2.11. The molecule has 136 valence electrons. The Balaban J connectivity index is 1.65. The minimum absolute atomic E-state index is 0.108. The van der Waals surface area contributed by atoms with E-state index in [0.717, 1.165) is 16.5 Å². The number of ether oxygens (including phenoxy) is 1. The predicted molar refractivity (Wildman–Crippen MR) is 110 cm³/mol. The average molecular weight is 366 g/mol. The largest absolute Gasteiger partial charge is 0.489 e. The molecule has 0 aliphatic heterocycles. The number of hydrogen-bond donors (Lipinski definition) is 1. The predicted octanol–water partition coefficient (Wildman–Crippen LogP) is 4.95. The van der Waals surface area contributed by atoms with Crippen LogP contribution in [0.25, 0.3) is 21.9 Å². The smallest absolute Gasteiger partial charge is 0.266 e. The zero-order valence-electron chi connectivity index (χ0n) is 15.4. The fourth-order valence-corrected chi connectivity index (χ4v) is 3.36. The van der Waals surface area contributed by atoms with Gasteiger partial charge in [0.25, 0.3) is 5.56 Å². The van der Waals surface area contributed by atoms with Crippen LogP contribution in [-0.2, 0) is 6.61 Å². The molecule has 0 aliphatic rings. The Morgan fingerprint density at radius 2 is 1.79 bits per heavy atom. The van der Waals surface area contributed by atoms with Crippen LogP contribution in [0.15, 0.2) is 77.6 Å². The molecule has 3 aromatic carbocycles. The standard InChI is InChI=1S/C24H18N2O2/c1-16-12-22(23(14-25)24(27)26-16)18-8-5-10-20(13-18)28-15-19-9-4-7-17-6-2-3-11-21(17)19/h2-13H,15H2,1H3,(H,26,27). The van der Waals surface area contributed by atoms with E-state index < -0.39 is 0 Å². The van der Waals surface area contributed by atoms with Crippen LogP contribution in [0.3, 0.4) is 0 Å². The Morgan fingerprint density at radius 3 is 2.64 bits per heavy atom. The highest BCUT2D eigenvalue weighted by molar-refractivity contribution is 5.85. The van der Waals surface area contributed by atoms with Crippen molar-refractivity contribution in [3.05, 3.63) is 100.0 Å². The van der Waals surface area contributed by atoms with E-state index in [1.54, 1.807) is 6.92 Å². The van der Waals surface area contributed by atoms with Crippen molar-refractivity contribution in [1.29, 1.82) is 5.26 Å². The summed E-state index contributed by atoms with van der Waals surface area (Å²) in [7, 11) is 0. The maximum atomic E-state index is 12.1. The molecule has 1 N–H and O–H groups in total. The zero-order chi connectivity index (χ0) is 19.5. The molecule has 0 amide bonds. The van der Waals surface area contributed by atoms with Gasteiger partial charge in [-0.25, -0.2) is 0 Å². The Kier molecular flexibility index (Phi) is 4.65. The van der Waals surface area contributed by atoms with Gasteiger partial charge in [-0.1, -0.05) is 54.6 Å². The van der Waals surface area contributed by atoms with E-state index in [9.17, 15) is 10.1 Å². The molecule has 4 aromatic rings. The third-order valence-electron chi connectivity index (χ3n) is 4.70. The number of pyridine rings is 1. The molecule has 4 rings (SSSR count). The van der Waals surface area contributed by atoms with Crippen LogP contribution in [0.1, 0.15) is 16.8 Å². The number of nitriles is 1. The molecule has 0 radical (unpaired) electrons. The number of benzene rings is 3. The third-order valence-corrected chi connectivity index (χ3v) is 4.70. The molecule has 0 atom stereocenters. The van der Waals surface area contributed by atoms with Gasteiger partial charge in [-0.3, -0.25) is 4.79 Å². The Bertz CT molecular complexity index is 1260. The summed E-state index contributed by atoms with van der Waals surface area (Å²) in [5, 5.41) is 11.7. The summed E-state index contributed by atoms with van der Waals surface area (Å²) in [6.07, 6.45) is 0. The fraction of sp³-hybridized carbons (Fsp3) is 0.0833. The van der Waals surface area contributed by atoms with Gasteiger partial charge in [0.05, 0.1) is 0 Å². The molecule has 4 heteroatoms. The van der Waals surface area contributed by atoms with Crippen molar-refractivity contribution in [3.63, 3.8) is 0 Å². The average Bonchev–Trinajstić information content (AvgIpc) is 2.72. The number of fused-ring (bicyclic) bond motifs is 1. The molecule has 0 unspecified atom stereocenters. The van der Waals surface area contributed by atoms with Crippen LogP contribution in [0.5, 0.6) is 5.75 Å². The summed E-state index contributed by atoms with van der Waals surface area (Å²) in [6, 6.07) is 25.7. The summed E-state index contributed by atoms with van der Waals surface area (Å²) in [5.41, 5.74) is 2.94. The van der Waals surface area contributed by atoms with Gasteiger partial charge in [-0.2, -0.15) is 5.26 Å². The first-order valence-corrected chi connectivity index (χ1v) is 8.99. The number of aryl methyl sites for hydroxylation is 1. The molecular weight excluding hydrogens is 348 g/mol. The van der Waals surface area contributed by atoms with Gasteiger partial charge >= 0.3 is 0 Å². The van der Waals surface area contributed by atoms with Crippen LogP contribution in [0.4, 0.5) is 0 Å². The van der Waals surface area contributed by atoms with E-state index in [0.29, 0.717) is 23.6 Å². The van der Waals surface area contributed by atoms with Crippen molar-refractivity contribution in [2.45, 2.75) is 13.5 Å². The third kappa shape index (κ3) is 3.38. The van der Waals surface area contributed by atoms with Gasteiger partial charge in [0.1, 0.15) is 24.0 Å². The van der Waals surface area contributed by atoms with Crippen LogP contribution >= 0.6 is 0 Å². The molecule has 0 bridgehead atoms. The second-order valence-corrected chi connectivity index (χ2v) is 6.64. The van der Waals surface area contributed by atoms with Gasteiger partial charge in [-0.15, -0.1) is 0 Å². The lowest BCUT2D eigenvalue weighted by Crippen LogP contribution is -2.12. The SMILES string of the molecule is Cc1cc(-c2cccc(OCc3cccc4ccccc34)c2)c(C#N)c(=O)[nH]1. The summed E-state index contributed by atoms with van der Waals surface area (Å²) in [5.74, 6) is 0.687. The molecule has 1 aromatic heterocycles. The lowest BCUT2D eigenvalue weighted by molar-refractivity contribution is 0.308. The van der Waals surface area contributed by atoms with E-state index in [2.05, 4.69) is 29.2 Å². The maximum absolute atomic E-state index is 12.1. The number of rotatable bonds is 4. The van der Waals surface area contributed by atoms with E-state index >= 15 is 0 Å².